The van der Waals surface area contributed by atoms with Crippen molar-refractivity contribution in [2.75, 3.05) is 42.9 Å². The Labute approximate surface area is 119 Å². The second-order valence-electron chi connectivity index (χ2n) is 4.88. The predicted molar refractivity (Wildman–Crippen MR) is 77.9 cm³/mol. The van der Waals surface area contributed by atoms with E-state index in [0.717, 1.165) is 32.7 Å². The molecule has 2 heterocycles. The molecule has 2 rings (SSSR count). The van der Waals surface area contributed by atoms with Crippen LogP contribution in [0.2, 0.25) is 5.28 Å². The van der Waals surface area contributed by atoms with Crippen LogP contribution in [0.1, 0.15) is 20.8 Å². The van der Waals surface area contributed by atoms with E-state index in [2.05, 4.69) is 43.9 Å². The minimum absolute atomic E-state index is 0.243. The van der Waals surface area contributed by atoms with E-state index in [-0.39, 0.29) is 5.28 Å². The number of nitrogens with zero attached hydrogens (tertiary/aromatic N) is 5. The minimum Gasteiger partial charge on any atom is -0.354 e. The lowest BCUT2D eigenvalue weighted by Crippen LogP contribution is -2.49. The van der Waals surface area contributed by atoms with Crippen molar-refractivity contribution in [3.63, 3.8) is 0 Å². The van der Waals surface area contributed by atoms with Crippen LogP contribution in [0.4, 0.5) is 11.9 Å². The maximum absolute atomic E-state index is 5.94. The molecule has 0 aliphatic carbocycles. The van der Waals surface area contributed by atoms with Gasteiger partial charge in [0, 0.05) is 38.8 Å². The Bertz CT molecular complexity index is 417. The first-order valence-electron chi connectivity index (χ1n) is 6.74. The zero-order valence-electron chi connectivity index (χ0n) is 11.7. The van der Waals surface area contributed by atoms with Gasteiger partial charge >= 0.3 is 0 Å². The molecule has 106 valence electrons. The lowest BCUT2D eigenvalue weighted by Gasteiger charge is -2.36. The molecular formula is C12H21ClN6. The molecule has 0 spiro atoms. The van der Waals surface area contributed by atoms with E-state index in [1.165, 1.54) is 0 Å². The first kappa shape index (κ1) is 14.3. The highest BCUT2D eigenvalue weighted by atomic mass is 35.5. The van der Waals surface area contributed by atoms with Crippen LogP contribution in [0.5, 0.6) is 0 Å². The summed E-state index contributed by atoms with van der Waals surface area (Å²) in [6.07, 6.45) is 0. The quantitative estimate of drug-likeness (QED) is 0.904. The van der Waals surface area contributed by atoms with E-state index >= 15 is 0 Å². The summed E-state index contributed by atoms with van der Waals surface area (Å²) in [6.45, 7) is 11.1. The van der Waals surface area contributed by atoms with Crippen LogP contribution >= 0.6 is 11.6 Å². The molecule has 1 aromatic heterocycles. The third kappa shape index (κ3) is 3.67. The summed E-state index contributed by atoms with van der Waals surface area (Å²) in [5, 5.41) is 3.31. The number of aromatic nitrogens is 3. The van der Waals surface area contributed by atoms with Crippen molar-refractivity contribution in [1.82, 2.24) is 19.9 Å². The summed E-state index contributed by atoms with van der Waals surface area (Å²) in [6, 6.07) is 0.585. The highest BCUT2D eigenvalue weighted by Crippen LogP contribution is 2.16. The van der Waals surface area contributed by atoms with Gasteiger partial charge in [-0.2, -0.15) is 15.0 Å². The SMILES string of the molecule is CCNc1nc(Cl)nc(N2CCN(C(C)C)CC2)n1. The maximum Gasteiger partial charge on any atom is 0.231 e. The summed E-state index contributed by atoms with van der Waals surface area (Å²) >= 11 is 5.94. The zero-order chi connectivity index (χ0) is 13.8. The Morgan fingerprint density at radius 1 is 1.16 bits per heavy atom. The summed E-state index contributed by atoms with van der Waals surface area (Å²) in [5.74, 6) is 1.21. The second-order valence-corrected chi connectivity index (χ2v) is 5.21. The number of piperazine rings is 1. The normalized spacial score (nSPS) is 17.0. The Hall–Kier alpha value is -1.14. The minimum atomic E-state index is 0.243. The number of hydrogen-bond donors (Lipinski definition) is 1. The molecule has 1 saturated heterocycles. The number of rotatable bonds is 4. The van der Waals surface area contributed by atoms with E-state index in [1.54, 1.807) is 0 Å². The molecule has 1 fully saturated rings. The van der Waals surface area contributed by atoms with Gasteiger partial charge in [-0.25, -0.2) is 0 Å². The summed E-state index contributed by atoms with van der Waals surface area (Å²) in [5.41, 5.74) is 0. The summed E-state index contributed by atoms with van der Waals surface area (Å²) < 4.78 is 0. The third-order valence-electron chi connectivity index (χ3n) is 3.26. The molecule has 19 heavy (non-hydrogen) atoms. The molecule has 1 aliphatic rings. The summed E-state index contributed by atoms with van der Waals surface area (Å²) in [7, 11) is 0. The van der Waals surface area contributed by atoms with Crippen LogP contribution < -0.4 is 10.2 Å². The molecule has 0 radical (unpaired) electrons. The van der Waals surface area contributed by atoms with E-state index in [1.807, 2.05) is 6.92 Å². The van der Waals surface area contributed by atoms with Crippen molar-refractivity contribution in [3.05, 3.63) is 5.28 Å². The fourth-order valence-electron chi connectivity index (χ4n) is 2.16. The van der Waals surface area contributed by atoms with Crippen molar-refractivity contribution in [2.24, 2.45) is 0 Å². The first-order valence-corrected chi connectivity index (χ1v) is 7.12. The Kier molecular flexibility index (Phi) is 4.76. The molecule has 0 atom stereocenters. The Morgan fingerprint density at radius 2 is 1.84 bits per heavy atom. The molecule has 1 aromatic rings. The number of nitrogens with one attached hydrogen (secondary N) is 1. The first-order chi connectivity index (χ1) is 9.10. The van der Waals surface area contributed by atoms with Gasteiger partial charge in [-0.1, -0.05) is 0 Å². The highest BCUT2D eigenvalue weighted by molar-refractivity contribution is 6.28. The predicted octanol–water partition coefficient (Wildman–Crippen LogP) is 1.49. The van der Waals surface area contributed by atoms with Gasteiger partial charge in [-0.15, -0.1) is 0 Å². The van der Waals surface area contributed by atoms with Gasteiger partial charge in [0.15, 0.2) is 0 Å². The average Bonchev–Trinajstić information content (AvgIpc) is 2.38. The van der Waals surface area contributed by atoms with E-state index in [9.17, 15) is 0 Å². The van der Waals surface area contributed by atoms with Crippen molar-refractivity contribution < 1.29 is 0 Å². The molecule has 1 aliphatic heterocycles. The van der Waals surface area contributed by atoms with Gasteiger partial charge in [-0.05, 0) is 32.4 Å². The smallest absolute Gasteiger partial charge is 0.231 e. The molecule has 0 aromatic carbocycles. The Morgan fingerprint density at radius 3 is 2.42 bits per heavy atom. The lowest BCUT2D eigenvalue weighted by atomic mass is 10.2. The molecule has 0 amide bonds. The fraction of sp³-hybridized carbons (Fsp3) is 0.750. The van der Waals surface area contributed by atoms with E-state index in [4.69, 9.17) is 11.6 Å². The lowest BCUT2D eigenvalue weighted by molar-refractivity contribution is 0.208. The van der Waals surface area contributed by atoms with Gasteiger partial charge in [0.2, 0.25) is 17.2 Å². The molecular weight excluding hydrogens is 264 g/mol. The van der Waals surface area contributed by atoms with E-state index < -0.39 is 0 Å². The molecule has 7 heteroatoms. The van der Waals surface area contributed by atoms with Gasteiger partial charge < -0.3 is 10.2 Å². The van der Waals surface area contributed by atoms with Gasteiger partial charge in [0.25, 0.3) is 0 Å². The van der Waals surface area contributed by atoms with Crippen LogP contribution in [-0.4, -0.2) is 58.6 Å². The topological polar surface area (TPSA) is 57.2 Å². The largest absolute Gasteiger partial charge is 0.354 e. The molecule has 0 unspecified atom stereocenters. The van der Waals surface area contributed by atoms with Crippen molar-refractivity contribution >= 4 is 23.5 Å². The van der Waals surface area contributed by atoms with Crippen LogP contribution in [-0.2, 0) is 0 Å². The number of anilines is 2. The van der Waals surface area contributed by atoms with Gasteiger partial charge in [-0.3, -0.25) is 4.90 Å². The van der Waals surface area contributed by atoms with Crippen molar-refractivity contribution in [3.8, 4) is 0 Å². The molecule has 1 N–H and O–H groups in total. The fourth-order valence-corrected chi connectivity index (χ4v) is 2.31. The average molecular weight is 285 g/mol. The standard InChI is InChI=1S/C12H21ClN6/c1-4-14-11-15-10(13)16-12(17-11)19-7-5-18(6-8-19)9(2)3/h9H,4-8H2,1-3H3,(H,14,15,16,17). The van der Waals surface area contributed by atoms with Gasteiger partial charge in [0.1, 0.15) is 0 Å². The van der Waals surface area contributed by atoms with Crippen LogP contribution in [0.3, 0.4) is 0 Å². The van der Waals surface area contributed by atoms with E-state index in [0.29, 0.717) is 17.9 Å². The third-order valence-corrected chi connectivity index (χ3v) is 3.43. The maximum atomic E-state index is 5.94. The van der Waals surface area contributed by atoms with Crippen molar-refractivity contribution in [2.45, 2.75) is 26.8 Å². The van der Waals surface area contributed by atoms with Crippen LogP contribution in [0, 0.1) is 0 Å². The van der Waals surface area contributed by atoms with Crippen molar-refractivity contribution in [1.29, 1.82) is 0 Å². The van der Waals surface area contributed by atoms with Crippen LogP contribution in [0.15, 0.2) is 0 Å². The monoisotopic (exact) mass is 284 g/mol. The summed E-state index contributed by atoms with van der Waals surface area (Å²) in [4.78, 5) is 17.3. The molecule has 0 bridgehead atoms. The Balaban J connectivity index is 2.06. The molecule has 0 saturated carbocycles. The number of halogens is 1. The second kappa shape index (κ2) is 6.34. The van der Waals surface area contributed by atoms with Crippen LogP contribution in [0.25, 0.3) is 0 Å². The zero-order valence-corrected chi connectivity index (χ0v) is 12.5. The highest BCUT2D eigenvalue weighted by Gasteiger charge is 2.21. The molecule has 6 nitrogen and oxygen atoms in total. The number of hydrogen-bond acceptors (Lipinski definition) is 6. The van der Waals surface area contributed by atoms with Gasteiger partial charge in [0.05, 0.1) is 0 Å².